The molecular weight excluding hydrogens is 411 g/mol. The summed E-state index contributed by atoms with van der Waals surface area (Å²) in [5.41, 5.74) is 2.68. The van der Waals surface area contributed by atoms with Crippen LogP contribution < -0.4 is 10.2 Å². The first kappa shape index (κ1) is 21.7. The van der Waals surface area contributed by atoms with Crippen LogP contribution in [0.4, 0.5) is 15.8 Å². The summed E-state index contributed by atoms with van der Waals surface area (Å²) in [4.78, 5) is 29.7. The summed E-state index contributed by atoms with van der Waals surface area (Å²) in [7, 11) is 0. The minimum Gasteiger partial charge on any atom is -0.367 e. The number of aldehydes is 1. The van der Waals surface area contributed by atoms with E-state index in [0.29, 0.717) is 35.6 Å². The summed E-state index contributed by atoms with van der Waals surface area (Å²) < 4.78 is 19.4. The van der Waals surface area contributed by atoms with Crippen LogP contribution >= 0.6 is 0 Å². The highest BCUT2D eigenvalue weighted by Crippen LogP contribution is 2.35. The van der Waals surface area contributed by atoms with Gasteiger partial charge in [0.2, 0.25) is 11.7 Å². The average Bonchev–Trinajstić information content (AvgIpc) is 3.30. The first-order valence-corrected chi connectivity index (χ1v) is 10.8. The molecule has 1 aromatic heterocycles. The third kappa shape index (κ3) is 4.39. The van der Waals surface area contributed by atoms with Crippen molar-refractivity contribution in [2.45, 2.75) is 45.6 Å². The largest absolute Gasteiger partial charge is 0.367 e. The molecule has 1 aliphatic heterocycles. The molecule has 1 fully saturated rings. The van der Waals surface area contributed by atoms with E-state index in [0.717, 1.165) is 25.1 Å². The number of benzene rings is 2. The molecule has 0 aliphatic carbocycles. The second-order valence-corrected chi connectivity index (χ2v) is 7.95. The maximum absolute atomic E-state index is 14.0. The molecule has 166 valence electrons. The molecule has 4 rings (SSSR count). The summed E-state index contributed by atoms with van der Waals surface area (Å²) in [6.45, 7) is 4.93. The molecule has 8 heteroatoms. The van der Waals surface area contributed by atoms with Crippen LogP contribution in [0, 0.1) is 5.82 Å². The van der Waals surface area contributed by atoms with Gasteiger partial charge in [-0.2, -0.15) is 4.98 Å². The molecular formula is C24H25FN4O3. The van der Waals surface area contributed by atoms with E-state index in [2.05, 4.69) is 27.3 Å². The summed E-state index contributed by atoms with van der Waals surface area (Å²) in [5.74, 6) is -0.257. The van der Waals surface area contributed by atoms with Gasteiger partial charge in [-0.25, -0.2) is 4.39 Å². The van der Waals surface area contributed by atoms with Gasteiger partial charge in [0.15, 0.2) is 6.29 Å². The molecule has 2 aromatic carbocycles. The van der Waals surface area contributed by atoms with Gasteiger partial charge in [0.05, 0.1) is 16.9 Å². The molecule has 0 radical (unpaired) electrons. The van der Waals surface area contributed by atoms with Crippen LogP contribution in [0.15, 0.2) is 40.9 Å². The minimum atomic E-state index is -0.645. The number of nitrogens with one attached hydrogen (secondary N) is 1. The number of rotatable bonds is 6. The summed E-state index contributed by atoms with van der Waals surface area (Å²) >= 11 is 0. The Morgan fingerprint density at radius 3 is 2.78 bits per heavy atom. The predicted octanol–water partition coefficient (Wildman–Crippen LogP) is 5.08. The third-order valence-electron chi connectivity index (χ3n) is 5.76. The highest BCUT2D eigenvalue weighted by Gasteiger charge is 2.23. The number of aromatic nitrogens is 2. The fourth-order valence-electron chi connectivity index (χ4n) is 3.93. The number of hydrogen-bond acceptors (Lipinski definition) is 6. The molecule has 1 unspecified atom stereocenters. The standard InChI is InChI=1S/C24H25FN4O3/c1-3-22(31)26-20-13-17(9-10-21(20)29-11-5-4-6-15(29)2)24-27-23(28-32-24)16-7-8-18(14-30)19(25)12-16/h7-10,12-15H,3-6,11H2,1-2H3,(H,26,31). The van der Waals surface area contributed by atoms with Crippen molar-refractivity contribution < 1.29 is 18.5 Å². The highest BCUT2D eigenvalue weighted by molar-refractivity contribution is 5.95. The molecule has 0 spiro atoms. The fraction of sp³-hybridized carbons (Fsp3) is 0.333. The third-order valence-corrected chi connectivity index (χ3v) is 5.76. The lowest BCUT2D eigenvalue weighted by Crippen LogP contribution is -2.38. The van der Waals surface area contributed by atoms with Crippen LogP contribution in [0.1, 0.15) is 49.9 Å². The number of hydrogen-bond donors (Lipinski definition) is 1. The van der Waals surface area contributed by atoms with Gasteiger partial charge in [0, 0.05) is 30.1 Å². The van der Waals surface area contributed by atoms with Crippen LogP contribution in [-0.4, -0.2) is 34.9 Å². The minimum absolute atomic E-state index is 0.0312. The van der Waals surface area contributed by atoms with Crippen molar-refractivity contribution in [3.63, 3.8) is 0 Å². The van der Waals surface area contributed by atoms with Crippen molar-refractivity contribution in [3.05, 3.63) is 47.8 Å². The summed E-state index contributed by atoms with van der Waals surface area (Å²) in [6.07, 6.45) is 4.24. The van der Waals surface area contributed by atoms with E-state index >= 15 is 0 Å². The second-order valence-electron chi connectivity index (χ2n) is 7.95. The summed E-state index contributed by atoms with van der Waals surface area (Å²) in [6, 6.07) is 10.2. The van der Waals surface area contributed by atoms with Crippen molar-refractivity contribution in [2.24, 2.45) is 0 Å². The highest BCUT2D eigenvalue weighted by atomic mass is 19.1. The Balaban J connectivity index is 1.68. The molecule has 0 bridgehead atoms. The molecule has 1 aliphatic rings. The number of carbonyl (C=O) groups is 2. The normalized spacial score (nSPS) is 16.1. The lowest BCUT2D eigenvalue weighted by molar-refractivity contribution is -0.115. The molecule has 3 aromatic rings. The maximum atomic E-state index is 14.0. The SMILES string of the molecule is CCC(=O)Nc1cc(-c2nc(-c3ccc(C=O)c(F)c3)no2)ccc1N1CCCCC1C. The van der Waals surface area contributed by atoms with Gasteiger partial charge in [-0.05, 0) is 56.5 Å². The molecule has 32 heavy (non-hydrogen) atoms. The monoisotopic (exact) mass is 436 g/mol. The van der Waals surface area contributed by atoms with Gasteiger partial charge < -0.3 is 14.7 Å². The van der Waals surface area contributed by atoms with Crippen LogP contribution in [0.2, 0.25) is 0 Å². The van der Waals surface area contributed by atoms with Crippen molar-refractivity contribution >= 4 is 23.6 Å². The number of piperidine rings is 1. The van der Waals surface area contributed by atoms with Crippen LogP contribution in [0.3, 0.4) is 0 Å². The Bertz CT molecular complexity index is 1140. The van der Waals surface area contributed by atoms with Crippen LogP contribution in [0.25, 0.3) is 22.8 Å². The number of nitrogens with zero attached hydrogens (tertiary/aromatic N) is 3. The lowest BCUT2D eigenvalue weighted by atomic mass is 10.0. The molecule has 1 amide bonds. The van der Waals surface area contributed by atoms with E-state index in [-0.39, 0.29) is 23.2 Å². The Morgan fingerprint density at radius 2 is 2.06 bits per heavy atom. The number of carbonyl (C=O) groups excluding carboxylic acids is 2. The first-order chi connectivity index (χ1) is 15.5. The molecule has 2 heterocycles. The topological polar surface area (TPSA) is 88.3 Å². The van der Waals surface area contributed by atoms with Crippen molar-refractivity contribution in [1.29, 1.82) is 0 Å². The molecule has 1 saturated heterocycles. The van der Waals surface area contributed by atoms with Gasteiger partial charge in [-0.3, -0.25) is 9.59 Å². The van der Waals surface area contributed by atoms with E-state index in [9.17, 15) is 14.0 Å². The molecule has 1 atom stereocenters. The Hall–Kier alpha value is -3.55. The van der Waals surface area contributed by atoms with Gasteiger partial charge in [-0.1, -0.05) is 18.1 Å². The van der Waals surface area contributed by atoms with Gasteiger partial charge in [0.1, 0.15) is 5.82 Å². The zero-order chi connectivity index (χ0) is 22.7. The van der Waals surface area contributed by atoms with Gasteiger partial charge in [0.25, 0.3) is 5.89 Å². The number of halogens is 1. The van der Waals surface area contributed by atoms with E-state index in [1.165, 1.54) is 18.6 Å². The quantitative estimate of drug-likeness (QED) is 0.542. The van der Waals surface area contributed by atoms with Crippen molar-refractivity contribution in [3.8, 4) is 22.8 Å². The smallest absolute Gasteiger partial charge is 0.258 e. The Labute approximate surface area is 185 Å². The fourth-order valence-corrected chi connectivity index (χ4v) is 3.93. The lowest BCUT2D eigenvalue weighted by Gasteiger charge is -2.36. The Kier molecular flexibility index (Phi) is 6.30. The van der Waals surface area contributed by atoms with E-state index in [1.54, 1.807) is 6.07 Å². The van der Waals surface area contributed by atoms with E-state index in [1.807, 2.05) is 25.1 Å². The zero-order valence-electron chi connectivity index (χ0n) is 18.1. The van der Waals surface area contributed by atoms with Gasteiger partial charge >= 0.3 is 0 Å². The van der Waals surface area contributed by atoms with Gasteiger partial charge in [-0.15, -0.1) is 0 Å². The molecule has 1 N–H and O–H groups in total. The Morgan fingerprint density at radius 1 is 1.25 bits per heavy atom. The first-order valence-electron chi connectivity index (χ1n) is 10.8. The zero-order valence-corrected chi connectivity index (χ0v) is 18.1. The van der Waals surface area contributed by atoms with E-state index < -0.39 is 5.82 Å². The number of amides is 1. The number of anilines is 2. The molecule has 7 nitrogen and oxygen atoms in total. The van der Waals surface area contributed by atoms with Crippen LogP contribution in [-0.2, 0) is 4.79 Å². The second kappa shape index (κ2) is 9.30. The summed E-state index contributed by atoms with van der Waals surface area (Å²) in [5, 5.41) is 6.95. The van der Waals surface area contributed by atoms with Crippen LogP contribution in [0.5, 0.6) is 0 Å². The molecule has 0 saturated carbocycles. The maximum Gasteiger partial charge on any atom is 0.258 e. The average molecular weight is 436 g/mol. The predicted molar refractivity (Wildman–Crippen MR) is 120 cm³/mol. The van der Waals surface area contributed by atoms with E-state index in [4.69, 9.17) is 4.52 Å². The van der Waals surface area contributed by atoms with Crippen molar-refractivity contribution in [1.82, 2.24) is 10.1 Å². The van der Waals surface area contributed by atoms with Crippen molar-refractivity contribution in [2.75, 3.05) is 16.8 Å².